The maximum Gasteiger partial charge on any atom is 0.292 e. The first-order chi connectivity index (χ1) is 14.1. The van der Waals surface area contributed by atoms with Crippen LogP contribution in [0, 0.1) is 0 Å². The van der Waals surface area contributed by atoms with E-state index in [2.05, 4.69) is 22.4 Å². The summed E-state index contributed by atoms with van der Waals surface area (Å²) in [5, 5.41) is 12.7. The minimum atomic E-state index is -0.0626. The molecule has 4 rings (SSSR count). The Morgan fingerprint density at radius 1 is 1.14 bits per heavy atom. The second-order valence-electron chi connectivity index (χ2n) is 7.33. The van der Waals surface area contributed by atoms with Gasteiger partial charge in [-0.3, -0.25) is 9.36 Å². The normalized spacial score (nSPS) is 16.3. The SMILES string of the molecule is C[C@H]1CCCN1C(=O)c1nnc(CNCc2cccc(Cl)c2)n1-c1ccccc1. The van der Waals surface area contributed by atoms with Crippen LogP contribution >= 0.6 is 11.6 Å². The molecule has 2 heterocycles. The molecular weight excluding hydrogens is 386 g/mol. The quantitative estimate of drug-likeness (QED) is 0.672. The lowest BCUT2D eigenvalue weighted by atomic mass is 10.2. The molecule has 29 heavy (non-hydrogen) atoms. The van der Waals surface area contributed by atoms with Gasteiger partial charge < -0.3 is 10.2 Å². The molecule has 1 aliphatic heterocycles. The van der Waals surface area contributed by atoms with Crippen LogP contribution in [0.15, 0.2) is 54.6 Å². The molecule has 1 aromatic heterocycles. The van der Waals surface area contributed by atoms with Gasteiger partial charge in [-0.1, -0.05) is 41.9 Å². The first kappa shape index (κ1) is 19.6. The molecule has 1 amide bonds. The van der Waals surface area contributed by atoms with Crippen LogP contribution in [-0.4, -0.2) is 38.2 Å². The second-order valence-corrected chi connectivity index (χ2v) is 7.77. The van der Waals surface area contributed by atoms with Crippen molar-refractivity contribution in [2.75, 3.05) is 6.54 Å². The van der Waals surface area contributed by atoms with E-state index >= 15 is 0 Å². The Morgan fingerprint density at radius 3 is 2.69 bits per heavy atom. The summed E-state index contributed by atoms with van der Waals surface area (Å²) in [5.41, 5.74) is 1.97. The Bertz CT molecular complexity index is 988. The first-order valence-electron chi connectivity index (χ1n) is 9.89. The minimum Gasteiger partial charge on any atom is -0.333 e. The summed E-state index contributed by atoms with van der Waals surface area (Å²) < 4.78 is 1.86. The van der Waals surface area contributed by atoms with Crippen LogP contribution in [0.5, 0.6) is 0 Å². The number of hydrogen-bond acceptors (Lipinski definition) is 4. The second kappa shape index (κ2) is 8.76. The van der Waals surface area contributed by atoms with Gasteiger partial charge in [-0.2, -0.15) is 0 Å². The molecule has 1 fully saturated rings. The highest BCUT2D eigenvalue weighted by Crippen LogP contribution is 2.21. The van der Waals surface area contributed by atoms with E-state index in [9.17, 15) is 4.79 Å². The Kier molecular flexibility index (Phi) is 5.92. The fraction of sp³-hybridized carbons (Fsp3) is 0.318. The van der Waals surface area contributed by atoms with Crippen molar-refractivity contribution in [2.24, 2.45) is 0 Å². The number of nitrogens with zero attached hydrogens (tertiary/aromatic N) is 4. The highest BCUT2D eigenvalue weighted by atomic mass is 35.5. The molecule has 1 saturated heterocycles. The van der Waals surface area contributed by atoms with Gasteiger partial charge in [-0.25, -0.2) is 0 Å². The molecule has 150 valence electrons. The summed E-state index contributed by atoms with van der Waals surface area (Å²) in [6, 6.07) is 17.7. The number of rotatable bonds is 6. The molecule has 1 aliphatic rings. The fourth-order valence-electron chi connectivity index (χ4n) is 3.75. The Labute approximate surface area is 175 Å². The lowest BCUT2D eigenvalue weighted by Gasteiger charge is -2.21. The summed E-state index contributed by atoms with van der Waals surface area (Å²) in [7, 11) is 0. The molecule has 0 aliphatic carbocycles. The molecule has 2 aromatic carbocycles. The zero-order valence-electron chi connectivity index (χ0n) is 16.4. The molecule has 0 radical (unpaired) electrons. The molecule has 3 aromatic rings. The molecule has 1 N–H and O–H groups in total. The number of hydrogen-bond donors (Lipinski definition) is 1. The molecular formula is C22H24ClN5O. The van der Waals surface area contributed by atoms with Crippen LogP contribution in [0.25, 0.3) is 5.69 Å². The largest absolute Gasteiger partial charge is 0.333 e. The Balaban J connectivity index is 1.58. The number of nitrogens with one attached hydrogen (secondary N) is 1. The average molecular weight is 410 g/mol. The van der Waals surface area contributed by atoms with Gasteiger partial charge in [-0.05, 0) is 49.6 Å². The predicted molar refractivity (Wildman–Crippen MR) is 113 cm³/mol. The van der Waals surface area contributed by atoms with E-state index < -0.39 is 0 Å². The van der Waals surface area contributed by atoms with Gasteiger partial charge in [0.2, 0.25) is 5.82 Å². The van der Waals surface area contributed by atoms with Crippen LogP contribution in [-0.2, 0) is 13.1 Å². The van der Waals surface area contributed by atoms with Crippen molar-refractivity contribution in [3.05, 3.63) is 76.8 Å². The Morgan fingerprint density at radius 2 is 1.97 bits per heavy atom. The number of halogens is 1. The standard InChI is InChI=1S/C22H24ClN5O/c1-16-7-6-12-27(16)22(29)21-26-25-20(28(21)19-10-3-2-4-11-19)15-24-14-17-8-5-9-18(23)13-17/h2-5,8-11,13,16,24H,6-7,12,14-15H2,1H3/t16-/m0/s1. The molecule has 6 nitrogen and oxygen atoms in total. The van der Waals surface area contributed by atoms with E-state index in [1.54, 1.807) is 0 Å². The molecule has 0 bridgehead atoms. The number of aromatic nitrogens is 3. The van der Waals surface area contributed by atoms with E-state index in [-0.39, 0.29) is 11.9 Å². The van der Waals surface area contributed by atoms with Crippen molar-refractivity contribution in [2.45, 2.75) is 38.9 Å². The number of carbonyl (C=O) groups excluding carboxylic acids is 1. The van der Waals surface area contributed by atoms with Gasteiger partial charge in [0.05, 0.1) is 6.54 Å². The molecule has 0 spiro atoms. The van der Waals surface area contributed by atoms with E-state index in [1.165, 1.54) is 0 Å². The molecule has 0 saturated carbocycles. The molecule has 1 atom stereocenters. The van der Waals surface area contributed by atoms with Crippen molar-refractivity contribution in [3.63, 3.8) is 0 Å². The highest BCUT2D eigenvalue weighted by molar-refractivity contribution is 6.30. The zero-order chi connectivity index (χ0) is 20.2. The minimum absolute atomic E-state index is 0.0626. The molecule has 0 unspecified atom stereocenters. The average Bonchev–Trinajstić information content (AvgIpc) is 3.34. The third-order valence-electron chi connectivity index (χ3n) is 5.25. The maximum absolute atomic E-state index is 13.2. The van der Waals surface area contributed by atoms with Crippen LogP contribution in [0.2, 0.25) is 5.02 Å². The highest BCUT2D eigenvalue weighted by Gasteiger charge is 2.30. The smallest absolute Gasteiger partial charge is 0.292 e. The van der Waals surface area contributed by atoms with Crippen LogP contribution in [0.4, 0.5) is 0 Å². The van der Waals surface area contributed by atoms with Gasteiger partial charge in [0.15, 0.2) is 5.82 Å². The lowest BCUT2D eigenvalue weighted by Crippen LogP contribution is -2.35. The summed E-state index contributed by atoms with van der Waals surface area (Å²) in [6.07, 6.45) is 2.06. The third kappa shape index (κ3) is 4.33. The van der Waals surface area contributed by atoms with E-state index in [0.717, 1.165) is 30.6 Å². The number of carbonyl (C=O) groups is 1. The first-order valence-corrected chi connectivity index (χ1v) is 10.3. The van der Waals surface area contributed by atoms with Crippen molar-refractivity contribution < 1.29 is 4.79 Å². The number of para-hydroxylation sites is 1. The monoisotopic (exact) mass is 409 g/mol. The molecule has 7 heteroatoms. The predicted octanol–water partition coefficient (Wildman–Crippen LogP) is 3.84. The van der Waals surface area contributed by atoms with Crippen molar-refractivity contribution in [1.29, 1.82) is 0 Å². The number of amides is 1. The van der Waals surface area contributed by atoms with Crippen LogP contribution in [0.3, 0.4) is 0 Å². The lowest BCUT2D eigenvalue weighted by molar-refractivity contribution is 0.0732. The van der Waals surface area contributed by atoms with Crippen molar-refractivity contribution in [3.8, 4) is 5.69 Å². The van der Waals surface area contributed by atoms with Crippen LogP contribution in [0.1, 0.15) is 41.8 Å². The number of benzene rings is 2. The third-order valence-corrected chi connectivity index (χ3v) is 5.49. The van der Waals surface area contributed by atoms with Gasteiger partial charge in [0.1, 0.15) is 0 Å². The van der Waals surface area contributed by atoms with E-state index in [0.29, 0.717) is 29.8 Å². The van der Waals surface area contributed by atoms with Crippen molar-refractivity contribution in [1.82, 2.24) is 25.0 Å². The summed E-state index contributed by atoms with van der Waals surface area (Å²) in [5.74, 6) is 1.00. The maximum atomic E-state index is 13.2. The van der Waals surface area contributed by atoms with Gasteiger partial charge >= 0.3 is 0 Å². The van der Waals surface area contributed by atoms with Gasteiger partial charge in [0.25, 0.3) is 5.91 Å². The van der Waals surface area contributed by atoms with Crippen LogP contribution < -0.4 is 5.32 Å². The van der Waals surface area contributed by atoms with E-state index in [4.69, 9.17) is 11.6 Å². The zero-order valence-corrected chi connectivity index (χ0v) is 17.1. The fourth-order valence-corrected chi connectivity index (χ4v) is 3.96. The summed E-state index contributed by atoms with van der Waals surface area (Å²) in [6.45, 7) is 3.98. The van der Waals surface area contributed by atoms with E-state index in [1.807, 2.05) is 64.1 Å². The van der Waals surface area contributed by atoms with Gasteiger partial charge in [0, 0.05) is 29.8 Å². The van der Waals surface area contributed by atoms with Crippen molar-refractivity contribution >= 4 is 17.5 Å². The summed E-state index contributed by atoms with van der Waals surface area (Å²) >= 11 is 6.06. The number of likely N-dealkylation sites (tertiary alicyclic amines) is 1. The Hall–Kier alpha value is -2.70. The topological polar surface area (TPSA) is 63.1 Å². The summed E-state index contributed by atoms with van der Waals surface area (Å²) in [4.78, 5) is 15.1. The van der Waals surface area contributed by atoms with Gasteiger partial charge in [-0.15, -0.1) is 10.2 Å².